The normalized spacial score (nSPS) is 19.2. The van der Waals surface area contributed by atoms with Crippen LogP contribution >= 0.6 is 0 Å². The first-order valence-electron chi connectivity index (χ1n) is 7.54. The van der Waals surface area contributed by atoms with Crippen LogP contribution in [0.15, 0.2) is 18.2 Å². The lowest BCUT2D eigenvalue weighted by Crippen LogP contribution is -2.03. The van der Waals surface area contributed by atoms with E-state index in [-0.39, 0.29) is 0 Å². The number of nitrogen functional groups attached to an aromatic ring is 1. The highest BCUT2D eigenvalue weighted by Crippen LogP contribution is 2.42. The third-order valence-corrected chi connectivity index (χ3v) is 4.63. The zero-order chi connectivity index (χ0) is 12.8. The first-order valence-corrected chi connectivity index (χ1v) is 7.54. The first kappa shape index (κ1) is 11.3. The average Bonchev–Trinajstić information content (AvgIpc) is 3.25. The first-order chi connectivity index (χ1) is 9.33. The maximum absolute atomic E-state index is 6.46. The molecule has 0 aliphatic heterocycles. The van der Waals surface area contributed by atoms with Crippen LogP contribution in [0.5, 0.6) is 0 Å². The highest BCUT2D eigenvalue weighted by Gasteiger charge is 2.24. The van der Waals surface area contributed by atoms with Crippen LogP contribution in [0.25, 0.3) is 10.9 Å². The summed E-state index contributed by atoms with van der Waals surface area (Å²) in [7, 11) is 0. The van der Waals surface area contributed by atoms with Crippen molar-refractivity contribution in [2.24, 2.45) is 0 Å². The van der Waals surface area contributed by atoms with Crippen LogP contribution in [-0.4, -0.2) is 4.98 Å². The minimum absolute atomic E-state index is 0.780. The third kappa shape index (κ3) is 1.90. The van der Waals surface area contributed by atoms with Gasteiger partial charge in [-0.25, -0.2) is 0 Å². The number of rotatable bonds is 1. The molecule has 0 radical (unpaired) electrons. The van der Waals surface area contributed by atoms with Crippen molar-refractivity contribution in [3.63, 3.8) is 0 Å². The number of pyridine rings is 1. The van der Waals surface area contributed by atoms with Crippen LogP contribution in [0.3, 0.4) is 0 Å². The van der Waals surface area contributed by atoms with Crippen molar-refractivity contribution in [3.8, 4) is 0 Å². The van der Waals surface area contributed by atoms with E-state index in [4.69, 9.17) is 10.7 Å². The summed E-state index contributed by atoms with van der Waals surface area (Å²) in [5.41, 5.74) is 12.6. The fraction of sp³-hybridized carbons (Fsp3) is 0.471. The monoisotopic (exact) mass is 252 g/mol. The highest BCUT2D eigenvalue weighted by atomic mass is 14.7. The maximum Gasteiger partial charge on any atom is 0.0726 e. The highest BCUT2D eigenvalue weighted by molar-refractivity contribution is 5.92. The summed E-state index contributed by atoms with van der Waals surface area (Å²) in [5.74, 6) is 0.780. The van der Waals surface area contributed by atoms with E-state index in [1.807, 2.05) is 0 Å². The lowest BCUT2D eigenvalue weighted by Gasteiger charge is -2.13. The molecule has 2 aliphatic carbocycles. The van der Waals surface area contributed by atoms with E-state index in [0.29, 0.717) is 0 Å². The summed E-state index contributed by atoms with van der Waals surface area (Å²) in [4.78, 5) is 4.88. The smallest absolute Gasteiger partial charge is 0.0726 e. The summed E-state index contributed by atoms with van der Waals surface area (Å²) in [5, 5.41) is 1.19. The quantitative estimate of drug-likeness (QED) is 0.780. The van der Waals surface area contributed by atoms with E-state index in [1.165, 1.54) is 54.3 Å². The molecule has 4 rings (SSSR count). The largest absolute Gasteiger partial charge is 0.398 e. The average molecular weight is 252 g/mol. The Hall–Kier alpha value is -1.57. The van der Waals surface area contributed by atoms with Gasteiger partial charge in [0, 0.05) is 16.8 Å². The molecule has 1 saturated carbocycles. The second-order valence-corrected chi connectivity index (χ2v) is 6.06. The van der Waals surface area contributed by atoms with Gasteiger partial charge < -0.3 is 5.73 Å². The molecule has 0 atom stereocenters. The van der Waals surface area contributed by atoms with E-state index >= 15 is 0 Å². The Bertz CT molecular complexity index is 641. The molecule has 1 heterocycles. The number of nitrogens with zero attached hydrogens (tertiary/aromatic N) is 1. The second kappa shape index (κ2) is 4.22. The molecule has 0 amide bonds. The zero-order valence-electron chi connectivity index (χ0n) is 11.3. The predicted molar refractivity (Wildman–Crippen MR) is 79.4 cm³/mol. The number of hydrogen-bond donors (Lipinski definition) is 1. The van der Waals surface area contributed by atoms with Crippen molar-refractivity contribution in [1.82, 2.24) is 4.98 Å². The van der Waals surface area contributed by atoms with Gasteiger partial charge in [0.05, 0.1) is 5.52 Å². The molecule has 0 saturated heterocycles. The molecule has 19 heavy (non-hydrogen) atoms. The topological polar surface area (TPSA) is 38.9 Å². The van der Waals surface area contributed by atoms with Gasteiger partial charge in [-0.15, -0.1) is 0 Å². The molecule has 0 unspecified atom stereocenters. The molecular formula is C17H20N2. The summed E-state index contributed by atoms with van der Waals surface area (Å²) >= 11 is 0. The van der Waals surface area contributed by atoms with Crippen LogP contribution in [0.4, 0.5) is 5.69 Å². The molecule has 98 valence electrons. The molecule has 1 fully saturated rings. The van der Waals surface area contributed by atoms with Crippen LogP contribution in [0, 0.1) is 0 Å². The third-order valence-electron chi connectivity index (χ3n) is 4.63. The van der Waals surface area contributed by atoms with E-state index in [9.17, 15) is 0 Å². The number of anilines is 1. The minimum Gasteiger partial charge on any atom is -0.398 e. The lowest BCUT2D eigenvalue weighted by atomic mass is 10.00. The predicted octanol–water partition coefficient (Wildman–Crippen LogP) is 3.96. The summed E-state index contributed by atoms with van der Waals surface area (Å²) < 4.78 is 0. The standard InChI is InChI=1S/C17H20N2/c18-17-13-4-2-1-3-5-15(13)19-16-9-8-12(10-14(16)17)11-6-7-11/h8-11H,1-7H2,(H2,18,19). The lowest BCUT2D eigenvalue weighted by molar-refractivity contribution is 0.709. The summed E-state index contributed by atoms with van der Waals surface area (Å²) in [6.07, 6.45) is 8.70. The Balaban J connectivity index is 1.92. The van der Waals surface area contributed by atoms with Gasteiger partial charge in [0.15, 0.2) is 0 Å². The summed E-state index contributed by atoms with van der Waals surface area (Å²) in [6, 6.07) is 6.71. The molecule has 2 N–H and O–H groups in total. The van der Waals surface area contributed by atoms with Crippen molar-refractivity contribution < 1.29 is 0 Å². The van der Waals surface area contributed by atoms with Crippen LogP contribution in [-0.2, 0) is 12.8 Å². The number of aryl methyl sites for hydroxylation is 1. The van der Waals surface area contributed by atoms with Crippen LogP contribution < -0.4 is 5.73 Å². The van der Waals surface area contributed by atoms with Gasteiger partial charge in [-0.3, -0.25) is 4.98 Å². The van der Waals surface area contributed by atoms with E-state index in [1.54, 1.807) is 0 Å². The number of benzene rings is 1. The number of hydrogen-bond acceptors (Lipinski definition) is 2. The van der Waals surface area contributed by atoms with Gasteiger partial charge in [0.1, 0.15) is 0 Å². The summed E-state index contributed by atoms with van der Waals surface area (Å²) in [6.45, 7) is 0. The molecule has 2 nitrogen and oxygen atoms in total. The number of aromatic nitrogens is 1. The van der Waals surface area contributed by atoms with Crippen LogP contribution in [0.2, 0.25) is 0 Å². The van der Waals surface area contributed by atoms with Crippen molar-refractivity contribution in [2.45, 2.75) is 50.9 Å². The van der Waals surface area contributed by atoms with E-state index in [0.717, 1.165) is 30.0 Å². The minimum atomic E-state index is 0.780. The Morgan fingerprint density at radius 1 is 1.05 bits per heavy atom. The van der Waals surface area contributed by atoms with Crippen molar-refractivity contribution in [1.29, 1.82) is 0 Å². The maximum atomic E-state index is 6.46. The fourth-order valence-electron chi connectivity index (χ4n) is 3.33. The fourth-order valence-corrected chi connectivity index (χ4v) is 3.33. The Morgan fingerprint density at radius 3 is 2.74 bits per heavy atom. The number of fused-ring (bicyclic) bond motifs is 2. The molecule has 1 aromatic carbocycles. The van der Waals surface area contributed by atoms with Gasteiger partial charge in [-0.05, 0) is 67.7 Å². The van der Waals surface area contributed by atoms with Gasteiger partial charge in [-0.2, -0.15) is 0 Å². The Kier molecular flexibility index (Phi) is 2.51. The molecule has 1 aromatic heterocycles. The zero-order valence-corrected chi connectivity index (χ0v) is 11.3. The van der Waals surface area contributed by atoms with Gasteiger partial charge in [0.2, 0.25) is 0 Å². The van der Waals surface area contributed by atoms with Crippen molar-refractivity contribution in [3.05, 3.63) is 35.0 Å². The van der Waals surface area contributed by atoms with Gasteiger partial charge >= 0.3 is 0 Å². The molecule has 2 heteroatoms. The number of nitrogens with two attached hydrogens (primary N) is 1. The molecular weight excluding hydrogens is 232 g/mol. The molecule has 2 aliphatic rings. The van der Waals surface area contributed by atoms with Gasteiger partial charge in [-0.1, -0.05) is 12.5 Å². The van der Waals surface area contributed by atoms with E-state index < -0.39 is 0 Å². The SMILES string of the molecule is Nc1c2c(nc3ccc(C4CC4)cc13)CCCCC2. The van der Waals surface area contributed by atoms with Crippen molar-refractivity contribution >= 4 is 16.6 Å². The van der Waals surface area contributed by atoms with Crippen molar-refractivity contribution in [2.75, 3.05) is 5.73 Å². The van der Waals surface area contributed by atoms with Gasteiger partial charge in [0.25, 0.3) is 0 Å². The molecule has 2 aromatic rings. The molecule has 0 spiro atoms. The Morgan fingerprint density at radius 2 is 1.89 bits per heavy atom. The second-order valence-electron chi connectivity index (χ2n) is 6.06. The Labute approximate surface area is 114 Å². The molecule has 0 bridgehead atoms. The van der Waals surface area contributed by atoms with Crippen LogP contribution in [0.1, 0.15) is 54.8 Å². The van der Waals surface area contributed by atoms with E-state index in [2.05, 4.69) is 18.2 Å².